The predicted octanol–water partition coefficient (Wildman–Crippen LogP) is 6.64. The minimum absolute atomic E-state index is 0.0659. The number of rotatable bonds is 13. The summed E-state index contributed by atoms with van der Waals surface area (Å²) in [5.74, 6) is -0.302. The maximum absolute atomic E-state index is 11.5. The molecule has 13 heteroatoms. The molecule has 2 saturated carbocycles. The number of nitriles is 1. The Morgan fingerprint density at radius 3 is 1.75 bits per heavy atom. The molecule has 2 aliphatic rings. The number of carbonyl (C=O) groups is 3. The van der Waals surface area contributed by atoms with E-state index < -0.39 is 11.9 Å². The van der Waals surface area contributed by atoms with Gasteiger partial charge in [-0.25, -0.2) is 4.79 Å². The van der Waals surface area contributed by atoms with Crippen molar-refractivity contribution in [2.75, 3.05) is 18.6 Å². The zero-order chi connectivity index (χ0) is 34.1. The number of nitrogens with zero attached hydrogens (tertiary/aromatic N) is 5. The summed E-state index contributed by atoms with van der Waals surface area (Å²) in [6, 6.07) is 12.7. The molecule has 0 atom stereocenters. The third-order valence-electron chi connectivity index (χ3n) is 8.27. The summed E-state index contributed by atoms with van der Waals surface area (Å²) in [5.41, 5.74) is 3.85. The Balaban J connectivity index is 0.000000188. The molecule has 0 unspecified atom stereocenters. The first-order valence-corrected chi connectivity index (χ1v) is 17.1. The zero-order valence-corrected chi connectivity index (χ0v) is 27.8. The van der Waals surface area contributed by atoms with E-state index in [1.165, 1.54) is 19.4 Å². The standard InChI is InChI=1S/C18H17N3O2S.C17H16N2O4S/c1-23-17(22)8-18(5-6-18)12-24-16-4-7-20-11-14(16)15-3-2-13(9-19)10-21-15;20-15(21)7-17(4-5-17)10-24-14-3-6-18-9-12(14)13-2-1-11(8-19-13)16(22)23/h2-4,7,10-11H,5-6,8,12H2,1H3;1-3,6,8-9H,4-5,7,10H2,(H,20,21)(H,22,23). The first-order chi connectivity index (χ1) is 23.1. The quantitative estimate of drug-likeness (QED) is 0.113. The van der Waals surface area contributed by atoms with Crippen molar-refractivity contribution >= 4 is 41.4 Å². The number of aliphatic carboxylic acids is 1. The Bertz CT molecular complexity index is 1820. The van der Waals surface area contributed by atoms with Gasteiger partial charge in [0.05, 0.1) is 42.5 Å². The van der Waals surface area contributed by atoms with Gasteiger partial charge in [-0.05, 0) is 72.9 Å². The average molecular weight is 684 g/mol. The van der Waals surface area contributed by atoms with Gasteiger partial charge in [0.2, 0.25) is 0 Å². The second-order valence-corrected chi connectivity index (χ2v) is 14.0. The zero-order valence-electron chi connectivity index (χ0n) is 26.2. The Hall–Kier alpha value is -4.80. The van der Waals surface area contributed by atoms with Crippen molar-refractivity contribution in [3.8, 4) is 28.6 Å². The van der Waals surface area contributed by atoms with Crippen LogP contribution in [0.25, 0.3) is 22.5 Å². The third-order valence-corrected chi connectivity index (χ3v) is 11.1. The van der Waals surface area contributed by atoms with E-state index in [2.05, 4.69) is 26.0 Å². The van der Waals surface area contributed by atoms with Crippen LogP contribution in [-0.2, 0) is 14.3 Å². The lowest BCUT2D eigenvalue weighted by molar-refractivity contribution is -0.142. The minimum atomic E-state index is -1.01. The summed E-state index contributed by atoms with van der Waals surface area (Å²) in [4.78, 5) is 52.4. The molecule has 6 rings (SSSR count). The molecule has 0 spiro atoms. The van der Waals surface area contributed by atoms with Gasteiger partial charge < -0.3 is 14.9 Å². The van der Waals surface area contributed by atoms with Crippen molar-refractivity contribution in [3.63, 3.8) is 0 Å². The van der Waals surface area contributed by atoms with Crippen LogP contribution in [0.3, 0.4) is 0 Å². The number of pyridine rings is 4. The average Bonchev–Trinajstić information content (AvgIpc) is 4.05. The lowest BCUT2D eigenvalue weighted by Gasteiger charge is -2.14. The van der Waals surface area contributed by atoms with E-state index in [9.17, 15) is 14.4 Å². The number of aromatic carboxylic acids is 1. The van der Waals surface area contributed by atoms with Gasteiger partial charge in [0.1, 0.15) is 6.07 Å². The highest BCUT2D eigenvalue weighted by molar-refractivity contribution is 7.99. The molecule has 4 heterocycles. The number of hydrogen-bond donors (Lipinski definition) is 2. The SMILES string of the molecule is COC(=O)CC1(CSc2ccncc2-c2ccc(C#N)cn2)CC1.O=C(O)CC1(CSc2ccncc2-c2ccc(C(=O)O)cn2)CC1. The monoisotopic (exact) mass is 683 g/mol. The lowest BCUT2D eigenvalue weighted by Crippen LogP contribution is -2.13. The fourth-order valence-electron chi connectivity index (χ4n) is 4.96. The molecule has 0 aromatic carbocycles. The molecule has 0 radical (unpaired) electrons. The van der Waals surface area contributed by atoms with Crippen LogP contribution < -0.4 is 0 Å². The van der Waals surface area contributed by atoms with Crippen LogP contribution in [0.4, 0.5) is 0 Å². The fourth-order valence-corrected chi connectivity index (χ4v) is 7.60. The molecule has 0 bridgehead atoms. The van der Waals surface area contributed by atoms with Crippen LogP contribution in [0.15, 0.2) is 83.4 Å². The minimum Gasteiger partial charge on any atom is -0.481 e. The Morgan fingerprint density at radius 2 is 1.33 bits per heavy atom. The summed E-state index contributed by atoms with van der Waals surface area (Å²) in [6.07, 6.45) is 14.5. The van der Waals surface area contributed by atoms with Gasteiger partial charge in [0, 0.05) is 69.6 Å². The largest absolute Gasteiger partial charge is 0.481 e. The molecule has 2 N–H and O–H groups in total. The highest BCUT2D eigenvalue weighted by atomic mass is 32.2. The molecule has 0 saturated heterocycles. The molecule has 48 heavy (non-hydrogen) atoms. The molecule has 246 valence electrons. The van der Waals surface area contributed by atoms with Gasteiger partial charge in [-0.2, -0.15) is 5.26 Å². The smallest absolute Gasteiger partial charge is 0.337 e. The summed E-state index contributed by atoms with van der Waals surface area (Å²) < 4.78 is 4.80. The van der Waals surface area contributed by atoms with Crippen LogP contribution in [0, 0.1) is 22.2 Å². The second kappa shape index (κ2) is 15.4. The number of carbonyl (C=O) groups excluding carboxylic acids is 1. The molecule has 4 aromatic rings. The normalized spacial score (nSPS) is 14.8. The molecule has 0 amide bonds. The molecule has 4 aromatic heterocycles. The van der Waals surface area contributed by atoms with E-state index in [4.69, 9.17) is 20.2 Å². The van der Waals surface area contributed by atoms with Crippen molar-refractivity contribution in [1.82, 2.24) is 19.9 Å². The number of ether oxygens (including phenoxy) is 1. The van der Waals surface area contributed by atoms with Crippen molar-refractivity contribution in [1.29, 1.82) is 5.26 Å². The first-order valence-electron chi connectivity index (χ1n) is 15.1. The topological polar surface area (TPSA) is 176 Å². The molecule has 2 aliphatic carbocycles. The van der Waals surface area contributed by atoms with E-state index in [-0.39, 0.29) is 28.8 Å². The van der Waals surface area contributed by atoms with E-state index in [1.807, 2.05) is 18.2 Å². The van der Waals surface area contributed by atoms with Crippen LogP contribution in [0.1, 0.15) is 54.4 Å². The maximum atomic E-state index is 11.5. The fraction of sp³-hybridized carbons (Fsp3) is 0.314. The Labute approximate surface area is 286 Å². The van der Waals surface area contributed by atoms with Crippen molar-refractivity contribution in [2.24, 2.45) is 10.8 Å². The van der Waals surface area contributed by atoms with Gasteiger partial charge in [-0.15, -0.1) is 23.5 Å². The summed E-state index contributed by atoms with van der Waals surface area (Å²) >= 11 is 3.33. The van der Waals surface area contributed by atoms with Crippen LogP contribution in [0.2, 0.25) is 0 Å². The van der Waals surface area contributed by atoms with E-state index >= 15 is 0 Å². The molecule has 0 aliphatic heterocycles. The third kappa shape index (κ3) is 9.17. The van der Waals surface area contributed by atoms with E-state index in [0.717, 1.165) is 63.8 Å². The maximum Gasteiger partial charge on any atom is 0.337 e. The van der Waals surface area contributed by atoms with Crippen molar-refractivity contribution in [3.05, 3.63) is 84.7 Å². The van der Waals surface area contributed by atoms with Gasteiger partial charge >= 0.3 is 17.9 Å². The number of methoxy groups -OCH3 is 1. The van der Waals surface area contributed by atoms with Gasteiger partial charge in [0.25, 0.3) is 0 Å². The van der Waals surface area contributed by atoms with Gasteiger partial charge in [0.15, 0.2) is 0 Å². The van der Waals surface area contributed by atoms with Gasteiger partial charge in [-0.3, -0.25) is 29.5 Å². The molecular formula is C35H33N5O6S2. The van der Waals surface area contributed by atoms with Crippen LogP contribution in [0.5, 0.6) is 0 Å². The number of hydrogen-bond acceptors (Lipinski definition) is 11. The van der Waals surface area contributed by atoms with E-state index in [0.29, 0.717) is 17.7 Å². The van der Waals surface area contributed by atoms with Crippen molar-refractivity contribution in [2.45, 2.75) is 48.3 Å². The number of aromatic nitrogens is 4. The van der Waals surface area contributed by atoms with Crippen LogP contribution in [-0.4, -0.2) is 66.7 Å². The van der Waals surface area contributed by atoms with E-state index in [1.54, 1.807) is 66.6 Å². The number of esters is 1. The Kier molecular flexibility index (Phi) is 11.1. The molecular weight excluding hydrogens is 651 g/mol. The first kappa shape index (κ1) is 34.5. The number of carboxylic acid groups (broad SMARTS) is 2. The highest BCUT2D eigenvalue weighted by Gasteiger charge is 2.45. The molecule has 2 fully saturated rings. The van der Waals surface area contributed by atoms with Crippen molar-refractivity contribution < 1.29 is 29.3 Å². The van der Waals surface area contributed by atoms with Crippen LogP contribution >= 0.6 is 23.5 Å². The highest BCUT2D eigenvalue weighted by Crippen LogP contribution is 2.53. The summed E-state index contributed by atoms with van der Waals surface area (Å²) in [5, 5.41) is 26.8. The number of carboxylic acids is 2. The molecule has 11 nitrogen and oxygen atoms in total. The Morgan fingerprint density at radius 1 is 0.792 bits per heavy atom. The second-order valence-electron chi connectivity index (χ2n) is 11.9. The lowest BCUT2D eigenvalue weighted by atomic mass is 10.1. The summed E-state index contributed by atoms with van der Waals surface area (Å²) in [7, 11) is 1.43. The summed E-state index contributed by atoms with van der Waals surface area (Å²) in [6.45, 7) is 0. The predicted molar refractivity (Wildman–Crippen MR) is 180 cm³/mol. The van der Waals surface area contributed by atoms with Gasteiger partial charge in [-0.1, -0.05) is 0 Å². The number of thioether (sulfide) groups is 2.